The van der Waals surface area contributed by atoms with Gasteiger partial charge in [0.2, 0.25) is 0 Å². The average Bonchev–Trinajstić information content (AvgIpc) is 2.63. The maximum absolute atomic E-state index is 4.81. The zero-order chi connectivity index (χ0) is 17.2. The molecular formula is C22H19N3. The van der Waals surface area contributed by atoms with E-state index in [9.17, 15) is 0 Å². The summed E-state index contributed by atoms with van der Waals surface area (Å²) >= 11 is 0. The molecule has 122 valence electrons. The fourth-order valence-corrected chi connectivity index (χ4v) is 2.86. The quantitative estimate of drug-likeness (QED) is 0.528. The summed E-state index contributed by atoms with van der Waals surface area (Å²) < 4.78 is 0. The number of nitrogens with one attached hydrogen (secondary N) is 1. The molecule has 3 nitrogen and oxygen atoms in total. The molecule has 0 atom stereocenters. The Kier molecular flexibility index (Phi) is 3.90. The fourth-order valence-electron chi connectivity index (χ4n) is 2.86. The summed E-state index contributed by atoms with van der Waals surface area (Å²) in [5, 5.41) is 4.46. The highest BCUT2D eigenvalue weighted by atomic mass is 15.0. The summed E-state index contributed by atoms with van der Waals surface area (Å²) in [6, 6.07) is 24.7. The Balaban J connectivity index is 1.85. The molecule has 0 saturated carbocycles. The average molecular weight is 325 g/mol. The van der Waals surface area contributed by atoms with Crippen LogP contribution < -0.4 is 5.32 Å². The van der Waals surface area contributed by atoms with Gasteiger partial charge < -0.3 is 5.32 Å². The van der Waals surface area contributed by atoms with E-state index in [1.807, 2.05) is 36.4 Å². The molecule has 1 N–H and O–H groups in total. The lowest BCUT2D eigenvalue weighted by Gasteiger charge is -2.11. The van der Waals surface area contributed by atoms with Crippen molar-refractivity contribution in [2.45, 2.75) is 13.8 Å². The molecule has 25 heavy (non-hydrogen) atoms. The number of aryl methyl sites for hydroxylation is 2. The van der Waals surface area contributed by atoms with Gasteiger partial charge >= 0.3 is 0 Å². The van der Waals surface area contributed by atoms with Crippen LogP contribution in [0.25, 0.3) is 22.3 Å². The van der Waals surface area contributed by atoms with Crippen LogP contribution in [0.1, 0.15) is 11.1 Å². The Morgan fingerprint density at radius 2 is 1.52 bits per heavy atom. The first-order valence-corrected chi connectivity index (χ1v) is 8.36. The lowest BCUT2D eigenvalue weighted by Crippen LogP contribution is -1.99. The molecule has 3 aromatic carbocycles. The Hall–Kier alpha value is -3.20. The number of nitrogens with zero attached hydrogens (tertiary/aromatic N) is 2. The van der Waals surface area contributed by atoms with E-state index < -0.39 is 0 Å². The predicted molar refractivity (Wildman–Crippen MR) is 104 cm³/mol. The van der Waals surface area contributed by atoms with Gasteiger partial charge in [-0.15, -0.1) is 0 Å². The third-order valence-electron chi connectivity index (χ3n) is 4.19. The summed E-state index contributed by atoms with van der Waals surface area (Å²) in [7, 11) is 0. The lowest BCUT2D eigenvalue weighted by molar-refractivity contribution is 1.22. The number of fused-ring (bicyclic) bond motifs is 1. The molecule has 3 heteroatoms. The zero-order valence-electron chi connectivity index (χ0n) is 14.3. The van der Waals surface area contributed by atoms with E-state index in [-0.39, 0.29) is 0 Å². The third-order valence-corrected chi connectivity index (χ3v) is 4.19. The van der Waals surface area contributed by atoms with E-state index in [1.165, 1.54) is 11.1 Å². The molecule has 0 amide bonds. The van der Waals surface area contributed by atoms with Crippen LogP contribution in [0.4, 0.5) is 11.5 Å². The van der Waals surface area contributed by atoms with Crippen LogP contribution in [0.15, 0.2) is 72.8 Å². The number of rotatable bonds is 3. The van der Waals surface area contributed by atoms with Crippen molar-refractivity contribution in [2.75, 3.05) is 5.32 Å². The van der Waals surface area contributed by atoms with E-state index in [1.54, 1.807) is 0 Å². The number of aromatic nitrogens is 2. The largest absolute Gasteiger partial charge is 0.340 e. The summed E-state index contributed by atoms with van der Waals surface area (Å²) in [5.41, 5.74) is 5.41. The normalized spacial score (nSPS) is 10.8. The molecule has 1 aromatic heterocycles. The lowest BCUT2D eigenvalue weighted by atomic mass is 10.1. The van der Waals surface area contributed by atoms with Crippen LogP contribution in [0.5, 0.6) is 0 Å². The second-order valence-electron chi connectivity index (χ2n) is 6.27. The first-order chi connectivity index (χ1) is 12.2. The number of para-hydroxylation sites is 1. The van der Waals surface area contributed by atoms with E-state index in [0.29, 0.717) is 0 Å². The van der Waals surface area contributed by atoms with Gasteiger partial charge in [0.1, 0.15) is 5.82 Å². The number of benzene rings is 3. The Morgan fingerprint density at radius 1 is 0.720 bits per heavy atom. The molecule has 0 spiro atoms. The Bertz CT molecular complexity index is 1040. The van der Waals surface area contributed by atoms with Gasteiger partial charge in [0.25, 0.3) is 0 Å². The maximum Gasteiger partial charge on any atom is 0.162 e. The Labute approximate surface area is 147 Å². The van der Waals surface area contributed by atoms with Gasteiger partial charge in [-0.05, 0) is 44.2 Å². The maximum atomic E-state index is 4.81. The van der Waals surface area contributed by atoms with E-state index >= 15 is 0 Å². The van der Waals surface area contributed by atoms with Crippen molar-refractivity contribution in [3.05, 3.63) is 83.9 Å². The smallest absolute Gasteiger partial charge is 0.162 e. The van der Waals surface area contributed by atoms with Gasteiger partial charge in [0.15, 0.2) is 5.82 Å². The van der Waals surface area contributed by atoms with Crippen molar-refractivity contribution in [1.82, 2.24) is 9.97 Å². The van der Waals surface area contributed by atoms with Crippen molar-refractivity contribution in [2.24, 2.45) is 0 Å². The molecule has 0 aliphatic carbocycles. The second-order valence-corrected chi connectivity index (χ2v) is 6.27. The summed E-state index contributed by atoms with van der Waals surface area (Å²) in [6.07, 6.45) is 0. The monoisotopic (exact) mass is 325 g/mol. The number of hydrogen-bond acceptors (Lipinski definition) is 3. The minimum Gasteiger partial charge on any atom is -0.340 e. The van der Waals surface area contributed by atoms with Crippen molar-refractivity contribution in [3.63, 3.8) is 0 Å². The molecular weight excluding hydrogens is 306 g/mol. The molecule has 1 heterocycles. The third kappa shape index (κ3) is 3.22. The van der Waals surface area contributed by atoms with Crippen molar-refractivity contribution in [3.8, 4) is 11.4 Å². The van der Waals surface area contributed by atoms with Gasteiger partial charge in [-0.3, -0.25) is 0 Å². The topological polar surface area (TPSA) is 37.8 Å². The van der Waals surface area contributed by atoms with E-state index in [0.717, 1.165) is 33.8 Å². The van der Waals surface area contributed by atoms with Gasteiger partial charge in [0.05, 0.1) is 5.52 Å². The minimum absolute atomic E-state index is 0.733. The van der Waals surface area contributed by atoms with Crippen LogP contribution >= 0.6 is 0 Å². The van der Waals surface area contributed by atoms with Crippen LogP contribution in [0, 0.1) is 13.8 Å². The highest BCUT2D eigenvalue weighted by molar-refractivity contribution is 5.92. The summed E-state index contributed by atoms with van der Waals surface area (Å²) in [5.74, 6) is 1.56. The molecule has 0 bridgehead atoms. The molecule has 0 saturated heterocycles. The van der Waals surface area contributed by atoms with Crippen molar-refractivity contribution in [1.29, 1.82) is 0 Å². The molecule has 0 unspecified atom stereocenters. The first kappa shape index (κ1) is 15.3. The summed E-state index contributed by atoms with van der Waals surface area (Å²) in [6.45, 7) is 4.16. The minimum atomic E-state index is 0.733. The SMILES string of the molecule is Cc1ccc(Nc2nc(-c3cccc(C)c3)nc3ccccc23)cc1. The van der Waals surface area contributed by atoms with Crippen molar-refractivity contribution >= 4 is 22.4 Å². The number of anilines is 2. The molecule has 0 aliphatic rings. The fraction of sp³-hybridized carbons (Fsp3) is 0.0909. The molecule has 4 aromatic rings. The van der Waals surface area contributed by atoms with Gasteiger partial charge in [0, 0.05) is 16.6 Å². The van der Waals surface area contributed by atoms with E-state index in [2.05, 4.69) is 55.6 Å². The molecule has 0 fully saturated rings. The second kappa shape index (κ2) is 6.36. The van der Waals surface area contributed by atoms with Crippen LogP contribution in [-0.4, -0.2) is 9.97 Å². The molecule has 0 aliphatic heterocycles. The van der Waals surface area contributed by atoms with Crippen LogP contribution in [0.2, 0.25) is 0 Å². The van der Waals surface area contributed by atoms with Gasteiger partial charge in [-0.25, -0.2) is 9.97 Å². The standard InChI is InChI=1S/C22H19N3/c1-15-10-12-18(13-11-15)23-22-19-8-3-4-9-20(19)24-21(25-22)17-7-5-6-16(2)14-17/h3-14H,1-2H3,(H,23,24,25). The van der Waals surface area contributed by atoms with E-state index in [4.69, 9.17) is 9.97 Å². The number of hydrogen-bond donors (Lipinski definition) is 1. The molecule has 4 rings (SSSR count). The first-order valence-electron chi connectivity index (χ1n) is 8.36. The molecule has 0 radical (unpaired) electrons. The highest BCUT2D eigenvalue weighted by Gasteiger charge is 2.09. The summed E-state index contributed by atoms with van der Waals surface area (Å²) in [4.78, 5) is 9.56. The Morgan fingerprint density at radius 3 is 2.32 bits per heavy atom. The van der Waals surface area contributed by atoms with Crippen molar-refractivity contribution < 1.29 is 0 Å². The highest BCUT2D eigenvalue weighted by Crippen LogP contribution is 2.27. The van der Waals surface area contributed by atoms with Gasteiger partial charge in [-0.1, -0.05) is 53.6 Å². The van der Waals surface area contributed by atoms with Crippen LogP contribution in [0.3, 0.4) is 0 Å². The van der Waals surface area contributed by atoms with Crippen LogP contribution in [-0.2, 0) is 0 Å². The van der Waals surface area contributed by atoms with Gasteiger partial charge in [-0.2, -0.15) is 0 Å². The predicted octanol–water partition coefficient (Wildman–Crippen LogP) is 5.66. The zero-order valence-corrected chi connectivity index (χ0v) is 14.3.